The molecule has 0 saturated heterocycles. The Balaban J connectivity index is 1.87. The Morgan fingerprint density at radius 1 is 1.10 bits per heavy atom. The zero-order chi connectivity index (χ0) is 21.0. The van der Waals surface area contributed by atoms with E-state index >= 15 is 0 Å². The van der Waals surface area contributed by atoms with E-state index in [0.29, 0.717) is 22.8 Å². The Labute approximate surface area is 167 Å². The first kappa shape index (κ1) is 20.5. The van der Waals surface area contributed by atoms with Gasteiger partial charge < -0.3 is 14.8 Å². The van der Waals surface area contributed by atoms with Gasteiger partial charge >= 0.3 is 0 Å². The molecule has 0 spiro atoms. The minimum Gasteiger partial charge on any atom is -0.497 e. The van der Waals surface area contributed by atoms with Crippen LogP contribution in [0.3, 0.4) is 0 Å². The average Bonchev–Trinajstić information content (AvgIpc) is 3.12. The number of carbonyl (C=O) groups is 1. The molecule has 0 aliphatic carbocycles. The van der Waals surface area contributed by atoms with Crippen LogP contribution in [0.15, 0.2) is 53.4 Å². The number of sulfonamides is 1. The van der Waals surface area contributed by atoms with Crippen molar-refractivity contribution in [2.45, 2.75) is 11.5 Å². The second kappa shape index (κ2) is 8.39. The number of anilines is 1. The van der Waals surface area contributed by atoms with Crippen LogP contribution in [-0.4, -0.2) is 43.5 Å². The van der Waals surface area contributed by atoms with Gasteiger partial charge in [-0.15, -0.1) is 5.10 Å². The summed E-state index contributed by atoms with van der Waals surface area (Å²) in [5.41, 5.74) is 1.60. The molecule has 1 aromatic heterocycles. The third-order valence-corrected chi connectivity index (χ3v) is 4.95. The fraction of sp³-hybridized carbons (Fsp3) is 0.167. The Morgan fingerprint density at radius 3 is 2.31 bits per heavy atom. The lowest BCUT2D eigenvalue weighted by Gasteiger charge is -2.09. The molecule has 0 radical (unpaired) electrons. The summed E-state index contributed by atoms with van der Waals surface area (Å²) < 4.78 is 34.5. The number of aromatic nitrogens is 3. The maximum Gasteiger partial charge on any atom is 0.278 e. The number of amides is 1. The van der Waals surface area contributed by atoms with Crippen LogP contribution in [0, 0.1) is 0 Å². The molecule has 1 heterocycles. The molecule has 0 atom stereocenters. The predicted molar refractivity (Wildman–Crippen MR) is 104 cm³/mol. The molecule has 0 aliphatic heterocycles. The van der Waals surface area contributed by atoms with Crippen molar-refractivity contribution < 1.29 is 22.7 Å². The van der Waals surface area contributed by atoms with E-state index in [2.05, 4.69) is 15.6 Å². The molecule has 152 valence electrons. The summed E-state index contributed by atoms with van der Waals surface area (Å²) in [6.07, 6.45) is 0. The molecule has 0 saturated carbocycles. The average molecular weight is 417 g/mol. The molecular formula is C18H19N5O5S. The van der Waals surface area contributed by atoms with Crippen molar-refractivity contribution in [3.05, 3.63) is 59.9 Å². The second-order valence-electron chi connectivity index (χ2n) is 5.95. The van der Waals surface area contributed by atoms with Crippen LogP contribution < -0.4 is 15.2 Å². The summed E-state index contributed by atoms with van der Waals surface area (Å²) in [7, 11) is -0.743. The molecular weight excluding hydrogens is 398 g/mol. The monoisotopic (exact) mass is 417 g/mol. The van der Waals surface area contributed by atoms with E-state index in [-0.39, 0.29) is 17.2 Å². The summed E-state index contributed by atoms with van der Waals surface area (Å²) in [5.74, 6) is 0.170. The van der Waals surface area contributed by atoms with Gasteiger partial charge in [0.25, 0.3) is 5.91 Å². The van der Waals surface area contributed by atoms with Gasteiger partial charge in [0.2, 0.25) is 10.0 Å². The van der Waals surface area contributed by atoms with Crippen molar-refractivity contribution in [2.75, 3.05) is 19.5 Å². The number of hydrogen-bond acceptors (Lipinski definition) is 7. The first-order chi connectivity index (χ1) is 13.8. The molecule has 2 aromatic carbocycles. The SMILES string of the molecule is COCc1c(C(=O)Nc2ccc(S(N)(=O)=O)cc2)nnn1-c1ccc(OC)cc1. The standard InChI is InChI=1S/C18H19N5O5S/c1-27-11-16-17(21-22-23(16)13-5-7-14(28-2)8-6-13)18(24)20-12-3-9-15(10-4-12)29(19,25)26/h3-10H,11H2,1-2H3,(H,20,24)(H2,19,25,26). The smallest absolute Gasteiger partial charge is 0.278 e. The fourth-order valence-electron chi connectivity index (χ4n) is 2.59. The maximum absolute atomic E-state index is 12.7. The van der Waals surface area contributed by atoms with Crippen molar-refractivity contribution in [1.82, 2.24) is 15.0 Å². The number of carbonyl (C=O) groups excluding carboxylic acids is 1. The van der Waals surface area contributed by atoms with Gasteiger partial charge in [-0.05, 0) is 48.5 Å². The van der Waals surface area contributed by atoms with Gasteiger partial charge in [0.1, 0.15) is 11.4 Å². The first-order valence-electron chi connectivity index (χ1n) is 8.35. The van der Waals surface area contributed by atoms with E-state index in [4.69, 9.17) is 14.6 Å². The van der Waals surface area contributed by atoms with Crippen molar-refractivity contribution >= 4 is 21.6 Å². The lowest BCUT2D eigenvalue weighted by atomic mass is 10.2. The third-order valence-electron chi connectivity index (χ3n) is 4.02. The van der Waals surface area contributed by atoms with E-state index in [1.54, 1.807) is 31.4 Å². The van der Waals surface area contributed by atoms with Gasteiger partial charge in [0.05, 0.1) is 24.3 Å². The maximum atomic E-state index is 12.7. The van der Waals surface area contributed by atoms with Crippen LogP contribution >= 0.6 is 0 Å². The molecule has 0 aliphatic rings. The third kappa shape index (κ3) is 4.59. The Bertz CT molecular complexity index is 1110. The van der Waals surface area contributed by atoms with Crippen LogP contribution in [0.25, 0.3) is 5.69 Å². The number of nitrogens with zero attached hydrogens (tertiary/aromatic N) is 3. The Hall–Kier alpha value is -3.28. The van der Waals surface area contributed by atoms with E-state index in [9.17, 15) is 13.2 Å². The summed E-state index contributed by atoms with van der Waals surface area (Å²) in [4.78, 5) is 12.6. The summed E-state index contributed by atoms with van der Waals surface area (Å²) in [5, 5.41) is 15.8. The molecule has 0 unspecified atom stereocenters. The highest BCUT2D eigenvalue weighted by atomic mass is 32.2. The minimum atomic E-state index is -3.81. The fourth-order valence-corrected chi connectivity index (χ4v) is 3.11. The van der Waals surface area contributed by atoms with Crippen LogP contribution in [0.5, 0.6) is 5.75 Å². The predicted octanol–water partition coefficient (Wildman–Crippen LogP) is 1.32. The molecule has 3 rings (SSSR count). The zero-order valence-corrected chi connectivity index (χ0v) is 16.5. The van der Waals surface area contributed by atoms with Crippen molar-refractivity contribution in [3.8, 4) is 11.4 Å². The van der Waals surface area contributed by atoms with E-state index in [0.717, 1.165) is 0 Å². The highest BCUT2D eigenvalue weighted by molar-refractivity contribution is 7.89. The number of ether oxygens (including phenoxy) is 2. The first-order valence-corrected chi connectivity index (χ1v) is 9.90. The zero-order valence-electron chi connectivity index (χ0n) is 15.7. The van der Waals surface area contributed by atoms with Gasteiger partial charge in [0.15, 0.2) is 5.69 Å². The minimum absolute atomic E-state index is 0.0546. The van der Waals surface area contributed by atoms with Crippen LogP contribution in [0.1, 0.15) is 16.2 Å². The van der Waals surface area contributed by atoms with E-state index in [1.807, 2.05) is 0 Å². The van der Waals surface area contributed by atoms with E-state index < -0.39 is 15.9 Å². The number of benzene rings is 2. The number of primary sulfonamides is 1. The highest BCUT2D eigenvalue weighted by Gasteiger charge is 2.21. The molecule has 3 aromatic rings. The molecule has 1 amide bonds. The Morgan fingerprint density at radius 2 is 1.76 bits per heavy atom. The number of rotatable bonds is 7. The van der Waals surface area contributed by atoms with Crippen LogP contribution in [-0.2, 0) is 21.4 Å². The van der Waals surface area contributed by atoms with E-state index in [1.165, 1.54) is 36.1 Å². The normalized spacial score (nSPS) is 11.3. The molecule has 10 nitrogen and oxygen atoms in total. The molecule has 0 bridgehead atoms. The van der Waals surface area contributed by atoms with Gasteiger partial charge in [-0.25, -0.2) is 18.2 Å². The summed E-state index contributed by atoms with van der Waals surface area (Å²) in [6, 6.07) is 12.6. The number of hydrogen-bond donors (Lipinski definition) is 2. The topological polar surface area (TPSA) is 138 Å². The second-order valence-corrected chi connectivity index (χ2v) is 7.51. The van der Waals surface area contributed by atoms with Crippen molar-refractivity contribution in [2.24, 2.45) is 5.14 Å². The largest absolute Gasteiger partial charge is 0.497 e. The quantitative estimate of drug-likeness (QED) is 0.591. The molecule has 3 N–H and O–H groups in total. The summed E-state index contributed by atoms with van der Waals surface area (Å²) >= 11 is 0. The van der Waals surface area contributed by atoms with Crippen LogP contribution in [0.4, 0.5) is 5.69 Å². The Kier molecular flexibility index (Phi) is 5.92. The molecule has 11 heteroatoms. The lowest BCUT2D eigenvalue weighted by Crippen LogP contribution is -2.16. The number of nitrogens with two attached hydrogens (primary N) is 1. The van der Waals surface area contributed by atoms with Gasteiger partial charge in [-0.1, -0.05) is 5.21 Å². The lowest BCUT2D eigenvalue weighted by molar-refractivity contribution is 0.101. The highest BCUT2D eigenvalue weighted by Crippen LogP contribution is 2.19. The van der Waals surface area contributed by atoms with Crippen molar-refractivity contribution in [1.29, 1.82) is 0 Å². The summed E-state index contributed by atoms with van der Waals surface area (Å²) in [6.45, 7) is 0.103. The van der Waals surface area contributed by atoms with Gasteiger partial charge in [-0.3, -0.25) is 4.79 Å². The van der Waals surface area contributed by atoms with Crippen LogP contribution in [0.2, 0.25) is 0 Å². The van der Waals surface area contributed by atoms with Crippen molar-refractivity contribution in [3.63, 3.8) is 0 Å². The molecule has 0 fully saturated rings. The molecule has 29 heavy (non-hydrogen) atoms. The van der Waals surface area contributed by atoms with Gasteiger partial charge in [-0.2, -0.15) is 0 Å². The number of nitrogens with one attached hydrogen (secondary N) is 1. The van der Waals surface area contributed by atoms with Gasteiger partial charge in [0, 0.05) is 12.8 Å². The number of methoxy groups -OCH3 is 2.